The molecule has 31 heavy (non-hydrogen) atoms. The fraction of sp³-hybridized carbons (Fsp3) is 0.320. The molecule has 1 aliphatic carbocycles. The lowest BCUT2D eigenvalue weighted by molar-refractivity contribution is -0.115. The summed E-state index contributed by atoms with van der Waals surface area (Å²) in [4.78, 5) is 22.2. The molecule has 0 atom stereocenters. The van der Waals surface area contributed by atoms with Crippen molar-refractivity contribution in [1.82, 2.24) is 9.97 Å². The number of ether oxygens (including phenoxy) is 1. The summed E-state index contributed by atoms with van der Waals surface area (Å²) in [5.74, 6) is 1.68. The number of hydrogen-bond acceptors (Lipinski definition) is 5. The quantitative estimate of drug-likeness (QED) is 0.584. The molecule has 2 N–H and O–H groups in total. The highest BCUT2D eigenvalue weighted by atomic mass is 16.5. The van der Waals surface area contributed by atoms with Crippen LogP contribution in [-0.4, -0.2) is 28.1 Å². The van der Waals surface area contributed by atoms with E-state index < -0.39 is 0 Å². The number of carbonyl (C=O) groups excluding carboxylic acids is 1. The average molecular weight is 418 g/mol. The third kappa shape index (κ3) is 5.20. The van der Waals surface area contributed by atoms with Crippen LogP contribution in [0.5, 0.6) is 11.5 Å². The number of benzene rings is 2. The number of hydrogen-bond donors (Lipinski definition) is 2. The van der Waals surface area contributed by atoms with Gasteiger partial charge in [-0.25, -0.2) is 9.97 Å². The second kappa shape index (κ2) is 9.60. The Morgan fingerprint density at radius 1 is 1.06 bits per heavy atom. The normalized spacial score (nSPS) is 14.2. The molecular formula is C25H27N3O3. The van der Waals surface area contributed by atoms with Gasteiger partial charge in [-0.15, -0.1) is 0 Å². The van der Waals surface area contributed by atoms with Crippen molar-refractivity contribution in [3.8, 4) is 22.8 Å². The predicted molar refractivity (Wildman–Crippen MR) is 120 cm³/mol. The highest BCUT2D eigenvalue weighted by molar-refractivity contribution is 5.92. The second-order valence-corrected chi connectivity index (χ2v) is 7.94. The Bertz CT molecular complexity index is 1030. The van der Waals surface area contributed by atoms with Gasteiger partial charge in [-0.3, -0.25) is 4.79 Å². The van der Waals surface area contributed by atoms with E-state index in [-0.39, 0.29) is 18.1 Å². The van der Waals surface area contributed by atoms with Crippen LogP contribution in [0.4, 0.5) is 5.82 Å². The molecule has 4 rings (SSSR count). The van der Waals surface area contributed by atoms with E-state index in [1.807, 2.05) is 24.3 Å². The van der Waals surface area contributed by atoms with Crippen molar-refractivity contribution in [1.29, 1.82) is 0 Å². The molecule has 2 aromatic carbocycles. The number of rotatable bonds is 6. The van der Waals surface area contributed by atoms with Gasteiger partial charge in [0, 0.05) is 11.5 Å². The van der Waals surface area contributed by atoms with Gasteiger partial charge in [-0.2, -0.15) is 0 Å². The molecule has 0 aliphatic heterocycles. The van der Waals surface area contributed by atoms with E-state index in [2.05, 4.69) is 10.3 Å². The molecule has 1 fully saturated rings. The van der Waals surface area contributed by atoms with Gasteiger partial charge in [0.1, 0.15) is 11.5 Å². The summed E-state index contributed by atoms with van der Waals surface area (Å²) in [6.07, 6.45) is 7.62. The Hall–Kier alpha value is -3.41. The van der Waals surface area contributed by atoms with Gasteiger partial charge in [-0.1, -0.05) is 31.4 Å². The van der Waals surface area contributed by atoms with Crippen LogP contribution in [0.3, 0.4) is 0 Å². The minimum Gasteiger partial charge on any atom is -0.508 e. The Morgan fingerprint density at radius 2 is 1.77 bits per heavy atom. The van der Waals surface area contributed by atoms with Crippen molar-refractivity contribution in [2.24, 2.45) is 0 Å². The van der Waals surface area contributed by atoms with Crippen molar-refractivity contribution >= 4 is 11.7 Å². The third-order valence-electron chi connectivity index (χ3n) is 5.74. The molecule has 0 bridgehead atoms. The monoisotopic (exact) mass is 417 g/mol. The number of nitrogens with zero attached hydrogens (tertiary/aromatic N) is 2. The maximum atomic E-state index is 12.7. The molecule has 0 spiro atoms. The molecule has 160 valence electrons. The fourth-order valence-electron chi connectivity index (χ4n) is 4.04. The number of amides is 1. The zero-order chi connectivity index (χ0) is 21.6. The second-order valence-electron chi connectivity index (χ2n) is 7.94. The van der Waals surface area contributed by atoms with Crippen LogP contribution < -0.4 is 10.1 Å². The molecule has 6 heteroatoms. The zero-order valence-corrected chi connectivity index (χ0v) is 17.7. The largest absolute Gasteiger partial charge is 0.508 e. The van der Waals surface area contributed by atoms with E-state index in [0.29, 0.717) is 11.7 Å². The molecule has 1 amide bonds. The van der Waals surface area contributed by atoms with E-state index >= 15 is 0 Å². The van der Waals surface area contributed by atoms with E-state index in [4.69, 9.17) is 9.72 Å². The topological polar surface area (TPSA) is 84.3 Å². The number of anilines is 1. The summed E-state index contributed by atoms with van der Waals surface area (Å²) in [5.41, 5.74) is 3.46. The van der Waals surface area contributed by atoms with Gasteiger partial charge < -0.3 is 15.2 Å². The summed E-state index contributed by atoms with van der Waals surface area (Å²) in [6.45, 7) is 0. The van der Waals surface area contributed by atoms with Crippen LogP contribution in [-0.2, 0) is 11.2 Å². The summed E-state index contributed by atoms with van der Waals surface area (Å²) >= 11 is 0. The van der Waals surface area contributed by atoms with E-state index in [9.17, 15) is 9.90 Å². The minimum absolute atomic E-state index is 0.144. The molecule has 1 saturated carbocycles. The van der Waals surface area contributed by atoms with Crippen LogP contribution in [0.25, 0.3) is 11.3 Å². The first-order valence-corrected chi connectivity index (χ1v) is 10.7. The smallest absolute Gasteiger partial charge is 0.229 e. The molecule has 1 heterocycles. The van der Waals surface area contributed by atoms with Crippen molar-refractivity contribution in [2.75, 3.05) is 12.4 Å². The molecule has 0 saturated heterocycles. The van der Waals surface area contributed by atoms with Crippen molar-refractivity contribution in [3.63, 3.8) is 0 Å². The Balaban J connectivity index is 1.59. The van der Waals surface area contributed by atoms with Crippen molar-refractivity contribution in [3.05, 3.63) is 66.0 Å². The van der Waals surface area contributed by atoms with E-state index in [1.54, 1.807) is 37.6 Å². The van der Waals surface area contributed by atoms with Crippen LogP contribution in [0.2, 0.25) is 0 Å². The summed E-state index contributed by atoms with van der Waals surface area (Å²) in [7, 11) is 1.64. The zero-order valence-electron chi connectivity index (χ0n) is 17.7. The van der Waals surface area contributed by atoms with Crippen LogP contribution in [0.15, 0.2) is 54.7 Å². The molecule has 0 unspecified atom stereocenters. The first-order valence-electron chi connectivity index (χ1n) is 10.7. The predicted octanol–water partition coefficient (Wildman–Crippen LogP) is 5.09. The number of carbonyl (C=O) groups is 1. The molecule has 0 radical (unpaired) electrons. The average Bonchev–Trinajstić information content (AvgIpc) is 2.81. The van der Waals surface area contributed by atoms with E-state index in [0.717, 1.165) is 41.1 Å². The number of nitrogens with one attached hydrogen (secondary N) is 1. The standard InChI is InChI=1S/C25H27N3O3/c1-31-21-13-9-18(10-14-21)22-16-26-25(24(27-22)19-5-3-2-4-6-19)28-23(30)15-17-7-11-20(29)12-8-17/h7-14,16,19,29H,2-6,15H2,1H3,(H,26,28,30). The summed E-state index contributed by atoms with van der Waals surface area (Å²) in [6, 6.07) is 14.4. The van der Waals surface area contributed by atoms with Crippen LogP contribution in [0.1, 0.15) is 49.3 Å². The van der Waals surface area contributed by atoms with Gasteiger partial charge in [-0.05, 0) is 54.8 Å². The van der Waals surface area contributed by atoms with E-state index in [1.165, 1.54) is 19.3 Å². The molecule has 1 aromatic heterocycles. The lowest BCUT2D eigenvalue weighted by atomic mass is 9.86. The number of aromatic hydroxyl groups is 1. The Kier molecular flexibility index (Phi) is 6.46. The summed E-state index contributed by atoms with van der Waals surface area (Å²) in [5, 5.41) is 12.4. The highest BCUT2D eigenvalue weighted by Gasteiger charge is 2.23. The number of phenols is 1. The van der Waals surface area contributed by atoms with Gasteiger partial charge >= 0.3 is 0 Å². The number of phenolic OH excluding ortho intramolecular Hbond substituents is 1. The van der Waals surface area contributed by atoms with Crippen molar-refractivity contribution < 1.29 is 14.6 Å². The third-order valence-corrected chi connectivity index (χ3v) is 5.74. The van der Waals surface area contributed by atoms with Gasteiger partial charge in [0.05, 0.1) is 31.1 Å². The lowest BCUT2D eigenvalue weighted by Crippen LogP contribution is -2.19. The van der Waals surface area contributed by atoms with Gasteiger partial charge in [0.25, 0.3) is 0 Å². The maximum absolute atomic E-state index is 12.7. The first-order chi connectivity index (χ1) is 15.1. The molecular weight excluding hydrogens is 390 g/mol. The van der Waals surface area contributed by atoms with Crippen LogP contribution in [0, 0.1) is 0 Å². The highest BCUT2D eigenvalue weighted by Crippen LogP contribution is 2.35. The minimum atomic E-state index is -0.144. The Morgan fingerprint density at radius 3 is 2.45 bits per heavy atom. The Labute approximate surface area is 182 Å². The molecule has 6 nitrogen and oxygen atoms in total. The fourth-order valence-corrected chi connectivity index (χ4v) is 4.04. The first kappa shape index (κ1) is 20.8. The SMILES string of the molecule is COc1ccc(-c2cnc(NC(=O)Cc3ccc(O)cc3)c(C3CCCCC3)n2)cc1. The molecule has 3 aromatic rings. The maximum Gasteiger partial charge on any atom is 0.229 e. The summed E-state index contributed by atoms with van der Waals surface area (Å²) < 4.78 is 5.24. The van der Waals surface area contributed by atoms with Crippen LogP contribution >= 0.6 is 0 Å². The van der Waals surface area contributed by atoms with Gasteiger partial charge in [0.2, 0.25) is 5.91 Å². The molecule has 1 aliphatic rings. The lowest BCUT2D eigenvalue weighted by Gasteiger charge is -2.23. The number of aromatic nitrogens is 2. The number of methoxy groups -OCH3 is 1. The van der Waals surface area contributed by atoms with Crippen molar-refractivity contribution in [2.45, 2.75) is 44.4 Å². The van der Waals surface area contributed by atoms with Gasteiger partial charge in [0.15, 0.2) is 5.82 Å².